The van der Waals surface area contributed by atoms with Crippen molar-refractivity contribution in [2.24, 2.45) is 0 Å². The largest absolute Gasteiger partial charge is 0.492 e. The number of carbonyl (C=O) groups excluding carboxylic acids is 1. The van der Waals surface area contributed by atoms with Crippen molar-refractivity contribution >= 4 is 17.5 Å². The van der Waals surface area contributed by atoms with Crippen molar-refractivity contribution < 1.29 is 19.7 Å². The zero-order valence-electron chi connectivity index (χ0n) is 16.3. The smallest absolute Gasteiger partial charge is 0.227 e. The number of likely N-dealkylation sites (tertiary alicyclic amines) is 1. The van der Waals surface area contributed by atoms with Crippen LogP contribution in [0.3, 0.4) is 0 Å². The normalized spacial score (nSPS) is 21.8. The molecule has 29 heavy (non-hydrogen) atoms. The third-order valence-electron chi connectivity index (χ3n) is 5.10. The number of aliphatic hydroxyl groups excluding tert-OH is 1. The number of rotatable bonds is 8. The molecule has 0 spiro atoms. The third kappa shape index (κ3) is 6.18. The van der Waals surface area contributed by atoms with Crippen LogP contribution in [-0.4, -0.2) is 65.5 Å². The van der Waals surface area contributed by atoms with E-state index in [9.17, 15) is 15.0 Å². The summed E-state index contributed by atoms with van der Waals surface area (Å²) < 4.78 is 5.61. The monoisotopic (exact) mass is 418 g/mol. The summed E-state index contributed by atoms with van der Waals surface area (Å²) in [7, 11) is 0. The highest BCUT2D eigenvalue weighted by molar-refractivity contribution is 6.30. The van der Waals surface area contributed by atoms with Crippen LogP contribution in [0.5, 0.6) is 5.75 Å². The molecule has 1 aliphatic heterocycles. The molecule has 1 amide bonds. The van der Waals surface area contributed by atoms with Crippen molar-refractivity contribution in [3.05, 3.63) is 65.2 Å². The van der Waals surface area contributed by atoms with Crippen LogP contribution in [0.15, 0.2) is 54.6 Å². The Morgan fingerprint density at radius 3 is 2.66 bits per heavy atom. The zero-order valence-corrected chi connectivity index (χ0v) is 17.0. The zero-order chi connectivity index (χ0) is 20.7. The van der Waals surface area contributed by atoms with E-state index < -0.39 is 11.7 Å². The van der Waals surface area contributed by atoms with Gasteiger partial charge in [-0.05, 0) is 36.2 Å². The van der Waals surface area contributed by atoms with Gasteiger partial charge >= 0.3 is 0 Å². The molecule has 1 aliphatic rings. The van der Waals surface area contributed by atoms with Crippen LogP contribution in [-0.2, 0) is 11.2 Å². The van der Waals surface area contributed by atoms with Crippen molar-refractivity contribution in [3.63, 3.8) is 0 Å². The van der Waals surface area contributed by atoms with Crippen molar-refractivity contribution in [1.29, 1.82) is 0 Å². The molecule has 0 radical (unpaired) electrons. The molecule has 0 bridgehead atoms. The molecule has 1 heterocycles. The predicted octanol–water partition coefficient (Wildman–Crippen LogP) is 1.88. The quantitative estimate of drug-likeness (QED) is 0.570. The van der Waals surface area contributed by atoms with E-state index in [1.54, 1.807) is 17.0 Å². The number of carbonyl (C=O) groups is 1. The summed E-state index contributed by atoms with van der Waals surface area (Å²) in [5, 5.41) is 25.0. The summed E-state index contributed by atoms with van der Waals surface area (Å²) in [5.74, 6) is 0.703. The molecule has 3 N–H and O–H groups in total. The van der Waals surface area contributed by atoms with Crippen molar-refractivity contribution in [1.82, 2.24) is 10.2 Å². The standard InChI is InChI=1S/C22H27ClN2O4/c23-18-8-6-17(7-9-18)14-21(27)25-12-10-20(26)22(28,16-25)15-24-11-13-29-19-4-2-1-3-5-19/h1-9,20,24,26,28H,10-16H2/t20-,22+/m0/s1. The number of para-hydroxylation sites is 1. The molecular formula is C22H27ClN2O4. The first-order valence-corrected chi connectivity index (χ1v) is 10.2. The lowest BCUT2D eigenvalue weighted by Crippen LogP contribution is -2.62. The van der Waals surface area contributed by atoms with Gasteiger partial charge in [0.1, 0.15) is 18.0 Å². The molecular weight excluding hydrogens is 392 g/mol. The lowest BCUT2D eigenvalue weighted by atomic mass is 9.89. The maximum Gasteiger partial charge on any atom is 0.227 e. The fourth-order valence-electron chi connectivity index (χ4n) is 3.40. The fraction of sp³-hybridized carbons (Fsp3) is 0.409. The molecule has 6 nitrogen and oxygen atoms in total. The van der Waals surface area contributed by atoms with E-state index >= 15 is 0 Å². The second kappa shape index (κ2) is 10.1. The molecule has 2 aromatic carbocycles. The molecule has 2 aromatic rings. The number of hydrogen-bond acceptors (Lipinski definition) is 5. The van der Waals surface area contributed by atoms with Gasteiger partial charge in [0, 0.05) is 24.7 Å². The first-order chi connectivity index (χ1) is 14.0. The van der Waals surface area contributed by atoms with Crippen molar-refractivity contribution in [3.8, 4) is 5.75 Å². The number of nitrogens with zero attached hydrogens (tertiary/aromatic N) is 1. The molecule has 1 fully saturated rings. The number of piperidine rings is 1. The van der Waals surface area contributed by atoms with Crippen LogP contribution in [0.4, 0.5) is 0 Å². The number of benzene rings is 2. The molecule has 0 aliphatic carbocycles. The van der Waals surface area contributed by atoms with E-state index in [2.05, 4.69) is 5.32 Å². The fourth-order valence-corrected chi connectivity index (χ4v) is 3.53. The first kappa shape index (κ1) is 21.6. The van der Waals surface area contributed by atoms with Crippen LogP contribution in [0.25, 0.3) is 0 Å². The highest BCUT2D eigenvalue weighted by Gasteiger charge is 2.42. The van der Waals surface area contributed by atoms with Gasteiger partial charge in [0.25, 0.3) is 0 Å². The van der Waals surface area contributed by atoms with Crippen molar-refractivity contribution in [2.75, 3.05) is 32.8 Å². The highest BCUT2D eigenvalue weighted by Crippen LogP contribution is 2.22. The minimum atomic E-state index is -1.39. The average Bonchev–Trinajstić information content (AvgIpc) is 2.72. The second-order valence-corrected chi connectivity index (χ2v) is 7.80. The average molecular weight is 419 g/mol. The van der Waals surface area contributed by atoms with E-state index in [0.29, 0.717) is 31.1 Å². The van der Waals surface area contributed by atoms with Gasteiger partial charge in [-0.25, -0.2) is 0 Å². The van der Waals surface area contributed by atoms with Gasteiger partial charge < -0.3 is 25.2 Å². The van der Waals surface area contributed by atoms with E-state index in [4.69, 9.17) is 16.3 Å². The van der Waals surface area contributed by atoms with E-state index in [0.717, 1.165) is 11.3 Å². The van der Waals surface area contributed by atoms with Crippen LogP contribution in [0.2, 0.25) is 5.02 Å². The summed E-state index contributed by atoms with van der Waals surface area (Å²) >= 11 is 5.88. The third-order valence-corrected chi connectivity index (χ3v) is 5.35. The number of hydrogen-bond donors (Lipinski definition) is 3. The van der Waals surface area contributed by atoms with E-state index in [-0.39, 0.29) is 25.4 Å². The number of amides is 1. The van der Waals surface area contributed by atoms with Gasteiger partial charge in [-0.1, -0.05) is 41.9 Å². The highest BCUT2D eigenvalue weighted by atomic mass is 35.5. The first-order valence-electron chi connectivity index (χ1n) is 9.77. The van der Waals surface area contributed by atoms with Gasteiger partial charge in [0.2, 0.25) is 5.91 Å². The number of halogens is 1. The summed E-state index contributed by atoms with van der Waals surface area (Å²) in [6.07, 6.45) is -0.308. The van der Waals surface area contributed by atoms with Crippen LogP contribution < -0.4 is 10.1 Å². The number of ether oxygens (including phenoxy) is 1. The Kier molecular flexibility index (Phi) is 7.50. The summed E-state index contributed by atoms with van der Waals surface area (Å²) in [6.45, 7) is 1.65. The molecule has 3 rings (SSSR count). The molecule has 7 heteroatoms. The summed E-state index contributed by atoms with van der Waals surface area (Å²) in [5.41, 5.74) is -0.522. The molecule has 0 unspecified atom stereocenters. The Labute approximate surface area is 176 Å². The Bertz CT molecular complexity index is 787. The summed E-state index contributed by atoms with van der Waals surface area (Å²) in [6, 6.07) is 16.6. The Hall–Kier alpha value is -2.12. The lowest BCUT2D eigenvalue weighted by molar-refractivity contribution is -0.150. The molecule has 0 saturated carbocycles. The van der Waals surface area contributed by atoms with Gasteiger partial charge in [-0.15, -0.1) is 0 Å². The molecule has 1 saturated heterocycles. The molecule has 156 valence electrons. The Morgan fingerprint density at radius 1 is 1.21 bits per heavy atom. The topological polar surface area (TPSA) is 82.0 Å². The van der Waals surface area contributed by atoms with Gasteiger partial charge in [-0.2, -0.15) is 0 Å². The van der Waals surface area contributed by atoms with Gasteiger partial charge in [0.05, 0.1) is 19.1 Å². The Morgan fingerprint density at radius 2 is 1.93 bits per heavy atom. The SMILES string of the molecule is O=C(Cc1ccc(Cl)cc1)N1CC[C@H](O)[C@@](O)(CNCCOc2ccccc2)C1. The minimum absolute atomic E-state index is 0.0786. The predicted molar refractivity (Wildman–Crippen MR) is 112 cm³/mol. The van der Waals surface area contributed by atoms with Gasteiger partial charge in [-0.3, -0.25) is 4.79 Å². The maximum atomic E-state index is 12.6. The minimum Gasteiger partial charge on any atom is -0.492 e. The number of β-amino-alcohol motifs (C(OH)–C–C–N with tert-alkyl or cyclic N) is 1. The number of aliphatic hydroxyl groups is 2. The van der Waals surface area contributed by atoms with Gasteiger partial charge in [0.15, 0.2) is 0 Å². The maximum absolute atomic E-state index is 12.6. The lowest BCUT2D eigenvalue weighted by Gasteiger charge is -2.43. The molecule has 2 atom stereocenters. The molecule has 0 aromatic heterocycles. The van der Waals surface area contributed by atoms with Crippen LogP contribution in [0, 0.1) is 0 Å². The van der Waals surface area contributed by atoms with E-state index in [1.165, 1.54) is 0 Å². The van der Waals surface area contributed by atoms with Crippen molar-refractivity contribution in [2.45, 2.75) is 24.5 Å². The summed E-state index contributed by atoms with van der Waals surface area (Å²) in [4.78, 5) is 14.3. The second-order valence-electron chi connectivity index (χ2n) is 7.36. The van der Waals surface area contributed by atoms with Crippen LogP contribution >= 0.6 is 11.6 Å². The number of nitrogens with one attached hydrogen (secondary N) is 1. The van der Waals surface area contributed by atoms with Crippen LogP contribution in [0.1, 0.15) is 12.0 Å². The van der Waals surface area contributed by atoms with E-state index in [1.807, 2.05) is 42.5 Å². The Balaban J connectivity index is 1.47.